The number of allylic oxidation sites excluding steroid dienone is 24. The van der Waals surface area contributed by atoms with Gasteiger partial charge >= 0.3 is 25.7 Å². The molecule has 0 bridgehead atoms. The van der Waals surface area contributed by atoms with Gasteiger partial charge in [0.1, 0.15) is 12.7 Å². The van der Waals surface area contributed by atoms with Crippen LogP contribution in [0.5, 0.6) is 0 Å². The van der Waals surface area contributed by atoms with Crippen molar-refractivity contribution in [1.82, 2.24) is 0 Å². The predicted molar refractivity (Wildman–Crippen MR) is 316 cm³/mol. The van der Waals surface area contributed by atoms with Gasteiger partial charge in [0, 0.05) is 19.3 Å². The zero-order valence-corrected chi connectivity index (χ0v) is 48.0. The summed E-state index contributed by atoms with van der Waals surface area (Å²) in [5, 5.41) is 9.81. The molecule has 0 aliphatic carbocycles. The smallest absolute Gasteiger partial charge is 0.462 e. The SMILES string of the molecule is CC/C=C\C/C=C\C/C=C\C/C=C\C/C=C\CCCC(=O)OC(CO)COP(=O)(O)OCC(COC(=O)CCCCC/C=C\C/C=C\C/C=C\CC)OC(=O)CCCCCCCC/C=C\C/C=C\C/C=C\C/C=C\CC. The number of hydrogen-bond acceptors (Lipinski definition) is 10. The molecule has 3 unspecified atom stereocenters. The molecule has 0 spiro atoms. The summed E-state index contributed by atoms with van der Waals surface area (Å²) in [5.74, 6) is -1.60. The number of hydrogen-bond donors (Lipinski definition) is 2. The van der Waals surface area contributed by atoms with Gasteiger partial charge < -0.3 is 24.2 Å². The summed E-state index contributed by atoms with van der Waals surface area (Å²) >= 11 is 0. The number of carbonyl (C=O) groups excluding carboxylic acids is 3. The number of phosphoric ester groups is 1. The van der Waals surface area contributed by atoms with E-state index in [0.717, 1.165) is 135 Å². The summed E-state index contributed by atoms with van der Waals surface area (Å²) in [6.45, 7) is 4.16. The first-order valence-corrected chi connectivity index (χ1v) is 30.2. The topological polar surface area (TPSA) is 155 Å². The summed E-state index contributed by atoms with van der Waals surface area (Å²) in [4.78, 5) is 48.5. The molecule has 3 atom stereocenters. The first-order valence-electron chi connectivity index (χ1n) is 28.7. The molecule has 11 nitrogen and oxygen atoms in total. The van der Waals surface area contributed by atoms with Crippen LogP contribution < -0.4 is 0 Å². The van der Waals surface area contributed by atoms with Gasteiger partial charge in [0.25, 0.3) is 0 Å². The minimum Gasteiger partial charge on any atom is -0.462 e. The van der Waals surface area contributed by atoms with Gasteiger partial charge in [-0.25, -0.2) is 4.57 Å². The van der Waals surface area contributed by atoms with Crippen molar-refractivity contribution in [3.63, 3.8) is 0 Å². The highest BCUT2D eigenvalue weighted by atomic mass is 31.2. The molecule has 0 amide bonds. The minimum atomic E-state index is -4.79. The highest BCUT2D eigenvalue weighted by Gasteiger charge is 2.28. The Labute approximate surface area is 461 Å². The van der Waals surface area contributed by atoms with E-state index in [2.05, 4.69) is 154 Å². The minimum absolute atomic E-state index is 0.0876. The van der Waals surface area contributed by atoms with Crippen molar-refractivity contribution in [2.45, 2.75) is 213 Å². The maximum Gasteiger partial charge on any atom is 0.472 e. The van der Waals surface area contributed by atoms with Crippen molar-refractivity contribution in [2.24, 2.45) is 0 Å². The molecule has 0 radical (unpaired) electrons. The lowest BCUT2D eigenvalue weighted by Gasteiger charge is -2.21. The maximum absolute atomic E-state index is 12.9. The molecule has 0 aromatic carbocycles. The quantitative estimate of drug-likeness (QED) is 0.0197. The number of aliphatic hydroxyl groups excluding tert-OH is 1. The van der Waals surface area contributed by atoms with E-state index in [1.807, 2.05) is 12.2 Å². The Morgan fingerprint density at radius 2 is 0.658 bits per heavy atom. The summed E-state index contributed by atoms with van der Waals surface area (Å²) in [5.41, 5.74) is 0. The summed E-state index contributed by atoms with van der Waals surface area (Å²) in [7, 11) is -4.79. The number of rotatable bonds is 51. The van der Waals surface area contributed by atoms with Crippen LogP contribution in [-0.2, 0) is 42.2 Å². The Bertz CT molecular complexity index is 1830. The third-order valence-electron chi connectivity index (χ3n) is 11.2. The van der Waals surface area contributed by atoms with Gasteiger partial charge in [-0.15, -0.1) is 0 Å². The third-order valence-corrected chi connectivity index (χ3v) is 12.2. The van der Waals surface area contributed by atoms with Crippen LogP contribution in [0.2, 0.25) is 0 Å². The number of ether oxygens (including phenoxy) is 3. The van der Waals surface area contributed by atoms with Gasteiger partial charge in [-0.3, -0.25) is 23.4 Å². The fourth-order valence-electron chi connectivity index (χ4n) is 6.98. The second-order valence-electron chi connectivity index (χ2n) is 18.3. The Hall–Kier alpha value is -4.64. The second kappa shape index (κ2) is 56.6. The first-order chi connectivity index (χ1) is 37.2. The van der Waals surface area contributed by atoms with E-state index in [1.165, 1.54) is 0 Å². The van der Waals surface area contributed by atoms with Crippen molar-refractivity contribution in [3.05, 3.63) is 146 Å². The van der Waals surface area contributed by atoms with Crippen molar-refractivity contribution in [1.29, 1.82) is 0 Å². The van der Waals surface area contributed by atoms with E-state index in [0.29, 0.717) is 25.7 Å². The largest absolute Gasteiger partial charge is 0.472 e. The molecule has 0 aromatic rings. The number of aliphatic hydroxyl groups is 1. The van der Waals surface area contributed by atoms with E-state index in [1.54, 1.807) is 0 Å². The zero-order valence-electron chi connectivity index (χ0n) is 47.2. The monoisotopic (exact) mass is 1080 g/mol. The molecule has 0 saturated heterocycles. The molecule has 0 rings (SSSR count). The van der Waals surface area contributed by atoms with E-state index in [4.69, 9.17) is 23.3 Å². The van der Waals surface area contributed by atoms with Crippen LogP contribution in [0.4, 0.5) is 0 Å². The maximum atomic E-state index is 12.9. The van der Waals surface area contributed by atoms with Crippen molar-refractivity contribution in [3.8, 4) is 0 Å². The van der Waals surface area contributed by atoms with Gasteiger partial charge in [0.05, 0.1) is 19.8 Å². The van der Waals surface area contributed by atoms with Crippen LogP contribution >= 0.6 is 7.82 Å². The molecule has 0 aliphatic rings. The fraction of sp³-hybridized carbons (Fsp3) is 0.578. The lowest BCUT2D eigenvalue weighted by Crippen LogP contribution is -2.30. The Morgan fingerprint density at radius 3 is 1.05 bits per heavy atom. The van der Waals surface area contributed by atoms with Gasteiger partial charge in [-0.1, -0.05) is 199 Å². The average Bonchev–Trinajstić information content (AvgIpc) is 3.41. The second-order valence-corrected chi connectivity index (χ2v) is 19.8. The van der Waals surface area contributed by atoms with Crippen LogP contribution in [0.15, 0.2) is 146 Å². The van der Waals surface area contributed by atoms with Crippen LogP contribution in [-0.4, -0.2) is 66.5 Å². The first kappa shape index (κ1) is 71.4. The zero-order chi connectivity index (χ0) is 55.5. The molecule has 0 heterocycles. The van der Waals surface area contributed by atoms with Gasteiger partial charge in [0.2, 0.25) is 0 Å². The van der Waals surface area contributed by atoms with E-state index in [9.17, 15) is 28.9 Å². The predicted octanol–water partition coefficient (Wildman–Crippen LogP) is 17.1. The third kappa shape index (κ3) is 54.2. The molecule has 0 aromatic heterocycles. The number of carbonyl (C=O) groups is 3. The Balaban J connectivity index is 4.84. The Kier molecular flexibility index (Phi) is 53.1. The molecular weight excluding hydrogens is 976 g/mol. The molecule has 2 N–H and O–H groups in total. The number of unbranched alkanes of at least 4 members (excludes halogenated alkanes) is 10. The van der Waals surface area contributed by atoms with Crippen molar-refractivity contribution < 1.29 is 52.2 Å². The normalized spacial score (nSPS) is 14.4. The number of phosphoric acid groups is 1. The number of esters is 3. The Morgan fingerprint density at radius 1 is 0.368 bits per heavy atom. The van der Waals surface area contributed by atoms with Crippen LogP contribution in [0.25, 0.3) is 0 Å². The highest BCUT2D eigenvalue weighted by molar-refractivity contribution is 7.47. The molecule has 76 heavy (non-hydrogen) atoms. The molecule has 0 aliphatic heterocycles. The molecule has 428 valence electrons. The van der Waals surface area contributed by atoms with Gasteiger partial charge in [-0.2, -0.15) is 0 Å². The van der Waals surface area contributed by atoms with E-state index in [-0.39, 0.29) is 25.9 Å². The molecule has 12 heteroatoms. The van der Waals surface area contributed by atoms with Gasteiger partial charge in [0.15, 0.2) is 6.10 Å². The van der Waals surface area contributed by atoms with E-state index < -0.39 is 57.8 Å². The van der Waals surface area contributed by atoms with Crippen LogP contribution in [0, 0.1) is 0 Å². The molecule has 0 saturated carbocycles. The lowest BCUT2D eigenvalue weighted by atomic mass is 10.1. The standard InChI is InChI=1S/C64H101O11P/c1-4-7-10-13-16-19-22-25-27-29-30-32-34-37-40-43-46-49-52-55-64(68)75-61(57-71-62(66)53-50-47-44-41-38-35-24-21-18-15-12-9-6-3)59-73-76(69,70)72-58-60(56-65)74-63(67)54-51-48-45-42-39-36-33-31-28-26-23-20-17-14-11-8-5-2/h7-12,16-21,25-28,30,32-33,35-36,38,42,45,60-61,65H,4-6,13-15,22-24,29,31,34,37,39-41,43-44,46-59H2,1-3H3,(H,69,70)/b10-7-,11-8-,12-9-,19-16-,20-17-,21-18-,27-25-,28-26-,32-30-,36-33-,38-35-,45-42-. The highest BCUT2D eigenvalue weighted by Crippen LogP contribution is 2.43. The fourth-order valence-corrected chi connectivity index (χ4v) is 7.77. The average molecular weight is 1080 g/mol. The summed E-state index contributed by atoms with van der Waals surface area (Å²) in [6, 6.07) is 0. The van der Waals surface area contributed by atoms with Gasteiger partial charge in [-0.05, 0) is 128 Å². The van der Waals surface area contributed by atoms with Crippen molar-refractivity contribution >= 4 is 25.7 Å². The molecular formula is C64H101O11P. The summed E-state index contributed by atoms with van der Waals surface area (Å²) in [6.07, 6.45) is 72.4. The molecule has 0 fully saturated rings. The lowest BCUT2D eigenvalue weighted by molar-refractivity contribution is -0.161. The summed E-state index contributed by atoms with van der Waals surface area (Å²) < 4.78 is 39.4. The van der Waals surface area contributed by atoms with Crippen molar-refractivity contribution in [2.75, 3.05) is 26.4 Å². The van der Waals surface area contributed by atoms with E-state index >= 15 is 0 Å². The van der Waals surface area contributed by atoms with Crippen LogP contribution in [0.3, 0.4) is 0 Å². The van der Waals surface area contributed by atoms with Crippen LogP contribution in [0.1, 0.15) is 201 Å².